The molecular formula is C23H32N4O4S. The van der Waals surface area contributed by atoms with Gasteiger partial charge in [-0.05, 0) is 50.3 Å². The molecule has 0 atom stereocenters. The lowest BCUT2D eigenvalue weighted by atomic mass is 9.97. The highest BCUT2D eigenvalue weighted by Gasteiger charge is 2.27. The van der Waals surface area contributed by atoms with E-state index < -0.39 is 10.0 Å². The molecule has 1 aromatic heterocycles. The van der Waals surface area contributed by atoms with Crippen LogP contribution in [0, 0.1) is 0 Å². The van der Waals surface area contributed by atoms with E-state index in [2.05, 4.69) is 16.4 Å². The van der Waals surface area contributed by atoms with Crippen LogP contribution in [0.4, 0.5) is 0 Å². The molecule has 0 saturated carbocycles. The van der Waals surface area contributed by atoms with Crippen LogP contribution in [0.15, 0.2) is 34.7 Å². The summed E-state index contributed by atoms with van der Waals surface area (Å²) >= 11 is 0. The van der Waals surface area contributed by atoms with E-state index in [1.54, 1.807) is 18.2 Å². The van der Waals surface area contributed by atoms with Crippen molar-refractivity contribution in [3.05, 3.63) is 35.7 Å². The number of hydrogen-bond donors (Lipinski definition) is 1. The number of carbonyl (C=O) groups is 1. The number of sulfonamides is 1. The number of fused-ring (bicyclic) bond motifs is 1. The second-order valence-corrected chi connectivity index (χ2v) is 10.4. The van der Waals surface area contributed by atoms with Gasteiger partial charge in [0.2, 0.25) is 15.9 Å². The van der Waals surface area contributed by atoms with Gasteiger partial charge >= 0.3 is 0 Å². The van der Waals surface area contributed by atoms with Crippen LogP contribution < -0.4 is 5.32 Å². The third-order valence-corrected chi connectivity index (χ3v) is 8.18. The molecule has 0 unspecified atom stereocenters. The molecule has 1 N–H and O–H groups in total. The number of imidazole rings is 1. The van der Waals surface area contributed by atoms with Crippen molar-refractivity contribution in [3.63, 3.8) is 0 Å². The van der Waals surface area contributed by atoms with Crippen LogP contribution in [-0.4, -0.2) is 61.0 Å². The van der Waals surface area contributed by atoms with Gasteiger partial charge in [-0.1, -0.05) is 11.6 Å². The highest BCUT2D eigenvalue weighted by atomic mass is 32.2. The number of aryl methyl sites for hydroxylation is 2. The lowest BCUT2D eigenvalue weighted by Crippen LogP contribution is -2.40. The molecule has 2 aliphatic rings. The molecule has 8 nitrogen and oxygen atoms in total. The van der Waals surface area contributed by atoms with Crippen LogP contribution >= 0.6 is 0 Å². The zero-order valence-electron chi connectivity index (χ0n) is 18.7. The van der Waals surface area contributed by atoms with Crippen LogP contribution in [0.5, 0.6) is 0 Å². The van der Waals surface area contributed by atoms with Crippen molar-refractivity contribution in [2.75, 3.05) is 32.8 Å². The predicted molar refractivity (Wildman–Crippen MR) is 123 cm³/mol. The van der Waals surface area contributed by atoms with E-state index in [1.807, 2.05) is 11.6 Å². The van der Waals surface area contributed by atoms with Crippen molar-refractivity contribution < 1.29 is 17.9 Å². The number of ether oxygens (including phenoxy) is 1. The van der Waals surface area contributed by atoms with Gasteiger partial charge in [-0.3, -0.25) is 4.79 Å². The maximum absolute atomic E-state index is 12.9. The Morgan fingerprint density at radius 3 is 2.75 bits per heavy atom. The number of carbonyl (C=O) groups excluding carboxylic acids is 1. The standard InChI is InChI=1S/C23H32N4O4S/c1-26-21-8-7-19(32(29,30)27-13-15-31-16-14-27)17-20(21)25-22(26)9-10-23(28)24-12-11-18-5-3-2-4-6-18/h5,7-8,17H,2-4,6,9-16H2,1H3,(H,24,28). The summed E-state index contributed by atoms with van der Waals surface area (Å²) in [4.78, 5) is 17.1. The van der Waals surface area contributed by atoms with Crippen molar-refractivity contribution >= 4 is 27.0 Å². The molecule has 1 amide bonds. The Kier molecular flexibility index (Phi) is 7.27. The van der Waals surface area contributed by atoms with Crippen molar-refractivity contribution in [1.82, 2.24) is 19.2 Å². The van der Waals surface area contributed by atoms with Gasteiger partial charge in [0.05, 0.1) is 29.1 Å². The highest BCUT2D eigenvalue weighted by Crippen LogP contribution is 2.23. The number of allylic oxidation sites excluding steroid dienone is 1. The Labute approximate surface area is 189 Å². The van der Waals surface area contributed by atoms with Gasteiger partial charge in [0, 0.05) is 39.5 Å². The third-order valence-electron chi connectivity index (χ3n) is 6.28. The number of hydrogen-bond acceptors (Lipinski definition) is 5. The maximum atomic E-state index is 12.9. The Bertz CT molecular complexity index is 1100. The first-order valence-corrected chi connectivity index (χ1v) is 12.9. The van der Waals surface area contributed by atoms with Gasteiger partial charge in [-0.2, -0.15) is 4.31 Å². The van der Waals surface area contributed by atoms with E-state index in [9.17, 15) is 13.2 Å². The number of morpholine rings is 1. The Balaban J connectivity index is 1.37. The summed E-state index contributed by atoms with van der Waals surface area (Å²) in [5.41, 5.74) is 2.93. The number of aromatic nitrogens is 2. The average Bonchev–Trinajstić information content (AvgIpc) is 3.14. The van der Waals surface area contributed by atoms with Crippen molar-refractivity contribution in [1.29, 1.82) is 0 Å². The number of nitrogens with zero attached hydrogens (tertiary/aromatic N) is 3. The van der Waals surface area contributed by atoms with Crippen LogP contribution in [0.25, 0.3) is 11.0 Å². The third kappa shape index (κ3) is 5.22. The molecule has 1 saturated heterocycles. The second kappa shape index (κ2) is 10.1. The molecule has 0 spiro atoms. The Morgan fingerprint density at radius 1 is 1.19 bits per heavy atom. The molecule has 2 heterocycles. The van der Waals surface area contributed by atoms with E-state index in [1.165, 1.54) is 22.7 Å². The van der Waals surface area contributed by atoms with Gasteiger partial charge in [-0.25, -0.2) is 13.4 Å². The molecule has 174 valence electrons. The molecule has 0 bridgehead atoms. The molecule has 1 aromatic carbocycles. The highest BCUT2D eigenvalue weighted by molar-refractivity contribution is 7.89. The quantitative estimate of drug-likeness (QED) is 0.611. The van der Waals surface area contributed by atoms with Crippen LogP contribution in [0.1, 0.15) is 44.3 Å². The first-order chi connectivity index (χ1) is 15.4. The topological polar surface area (TPSA) is 93.5 Å². The van der Waals surface area contributed by atoms with E-state index >= 15 is 0 Å². The smallest absolute Gasteiger partial charge is 0.243 e. The van der Waals surface area contributed by atoms with Crippen LogP contribution in [0.2, 0.25) is 0 Å². The summed E-state index contributed by atoms with van der Waals surface area (Å²) < 4.78 is 34.5. The normalized spacial score (nSPS) is 18.0. The summed E-state index contributed by atoms with van der Waals surface area (Å²) in [6, 6.07) is 5.05. The molecular weight excluding hydrogens is 428 g/mol. The van der Waals surface area contributed by atoms with E-state index in [4.69, 9.17) is 4.74 Å². The molecule has 1 aliphatic carbocycles. The molecule has 1 aliphatic heterocycles. The van der Waals surface area contributed by atoms with Crippen molar-refractivity contribution in [3.8, 4) is 0 Å². The fourth-order valence-electron chi connectivity index (χ4n) is 4.36. The molecule has 32 heavy (non-hydrogen) atoms. The fourth-order valence-corrected chi connectivity index (χ4v) is 5.79. The summed E-state index contributed by atoms with van der Waals surface area (Å²) in [5, 5.41) is 3.01. The van der Waals surface area contributed by atoms with Gasteiger partial charge in [0.15, 0.2) is 0 Å². The summed E-state index contributed by atoms with van der Waals surface area (Å²) in [7, 11) is -1.67. The average molecular weight is 461 g/mol. The number of nitrogens with one attached hydrogen (secondary N) is 1. The maximum Gasteiger partial charge on any atom is 0.243 e. The summed E-state index contributed by atoms with van der Waals surface area (Å²) in [6.07, 6.45) is 8.93. The minimum absolute atomic E-state index is 0.0176. The minimum Gasteiger partial charge on any atom is -0.379 e. The minimum atomic E-state index is -3.57. The fraction of sp³-hybridized carbons (Fsp3) is 0.565. The molecule has 4 rings (SSSR count). The van der Waals surface area contributed by atoms with E-state index in [0.29, 0.717) is 51.2 Å². The molecule has 0 radical (unpaired) electrons. The Morgan fingerprint density at radius 2 is 2.00 bits per heavy atom. The molecule has 1 fully saturated rings. The SMILES string of the molecule is Cn1c(CCC(=O)NCCC2=CCCCC2)nc2cc(S(=O)(=O)N3CCOCC3)ccc21. The predicted octanol–water partition coefficient (Wildman–Crippen LogP) is 2.53. The van der Waals surface area contributed by atoms with Crippen LogP contribution in [-0.2, 0) is 33.0 Å². The first kappa shape index (κ1) is 22.9. The number of benzene rings is 1. The monoisotopic (exact) mass is 460 g/mol. The van der Waals surface area contributed by atoms with Gasteiger partial charge in [-0.15, -0.1) is 0 Å². The first-order valence-electron chi connectivity index (χ1n) is 11.4. The lowest BCUT2D eigenvalue weighted by Gasteiger charge is -2.26. The van der Waals surface area contributed by atoms with Crippen LogP contribution in [0.3, 0.4) is 0 Å². The largest absolute Gasteiger partial charge is 0.379 e. The van der Waals surface area contributed by atoms with Gasteiger partial charge in [0.25, 0.3) is 0 Å². The molecule has 9 heteroatoms. The van der Waals surface area contributed by atoms with E-state index in [0.717, 1.165) is 30.6 Å². The summed E-state index contributed by atoms with van der Waals surface area (Å²) in [5.74, 6) is 0.787. The summed E-state index contributed by atoms with van der Waals surface area (Å²) in [6.45, 7) is 2.22. The number of amides is 1. The number of rotatable bonds is 8. The van der Waals surface area contributed by atoms with Gasteiger partial charge in [0.1, 0.15) is 5.82 Å². The van der Waals surface area contributed by atoms with Gasteiger partial charge < -0.3 is 14.6 Å². The lowest BCUT2D eigenvalue weighted by molar-refractivity contribution is -0.121. The Hall–Kier alpha value is -2.23. The second-order valence-electron chi connectivity index (χ2n) is 8.46. The van der Waals surface area contributed by atoms with E-state index in [-0.39, 0.29) is 10.8 Å². The van der Waals surface area contributed by atoms with Crippen molar-refractivity contribution in [2.45, 2.75) is 49.8 Å². The zero-order valence-corrected chi connectivity index (χ0v) is 19.5. The zero-order chi connectivity index (χ0) is 22.6. The molecule has 2 aromatic rings. The van der Waals surface area contributed by atoms with Crippen molar-refractivity contribution in [2.24, 2.45) is 7.05 Å².